The molecule has 1 aromatic rings. The molecule has 0 bridgehead atoms. The van der Waals surface area contributed by atoms with E-state index >= 15 is 0 Å². The fourth-order valence-electron chi connectivity index (χ4n) is 6.34. The molecule has 0 saturated heterocycles. The quantitative estimate of drug-likeness (QED) is 0.709. The second kappa shape index (κ2) is 6.32. The van der Waals surface area contributed by atoms with Gasteiger partial charge in [0.2, 0.25) is 0 Å². The van der Waals surface area contributed by atoms with E-state index in [1.807, 2.05) is 12.1 Å². The maximum Gasteiger partial charge on any atom is 0.115 e. The molecule has 2 saturated carbocycles. The van der Waals surface area contributed by atoms with Crippen LogP contribution in [-0.4, -0.2) is 21.6 Å². The van der Waals surface area contributed by atoms with Gasteiger partial charge in [-0.15, -0.1) is 0 Å². The van der Waals surface area contributed by atoms with E-state index in [1.165, 1.54) is 36.8 Å². The van der Waals surface area contributed by atoms with Gasteiger partial charge < -0.3 is 10.2 Å². The van der Waals surface area contributed by atoms with E-state index in [9.17, 15) is 10.2 Å². The standard InChI is InChI=1S/C21H29BrO2/c1-21-9-8-17-16-7-5-15(23)11-13(16)4-6-18(17)19(21)12-14(20(21)24)3-2-10-22/h5,7,11,14,17-20,23-24H,2-4,6,8-10,12H2,1H3/t14?,17-,18-,19+,20+,21+/m1/s1. The highest BCUT2D eigenvalue weighted by Crippen LogP contribution is 2.62. The Hall–Kier alpha value is -0.540. The molecule has 24 heavy (non-hydrogen) atoms. The van der Waals surface area contributed by atoms with Crippen LogP contribution in [0.1, 0.15) is 62.5 Å². The SMILES string of the molecule is C[C@]12CC[C@@H]3c4ccc(O)cc4CC[C@H]3[C@@H]1CC(CCCBr)[C@@H]2O. The van der Waals surface area contributed by atoms with Gasteiger partial charge in [-0.05, 0) is 97.3 Å². The van der Waals surface area contributed by atoms with E-state index in [1.54, 1.807) is 0 Å². The lowest BCUT2D eigenvalue weighted by Crippen LogP contribution is -2.44. The van der Waals surface area contributed by atoms with Crippen LogP contribution in [0, 0.1) is 23.2 Å². The third-order valence-corrected chi connectivity index (χ3v) is 8.10. The van der Waals surface area contributed by atoms with Crippen LogP contribution >= 0.6 is 15.9 Å². The molecule has 0 aliphatic heterocycles. The fourth-order valence-corrected chi connectivity index (χ4v) is 6.66. The summed E-state index contributed by atoms with van der Waals surface area (Å²) in [6.45, 7) is 2.36. The Labute approximate surface area is 153 Å². The highest BCUT2D eigenvalue weighted by Gasteiger charge is 2.57. The number of hydrogen-bond acceptors (Lipinski definition) is 2. The molecule has 6 atom stereocenters. The van der Waals surface area contributed by atoms with Crippen LogP contribution in [0.5, 0.6) is 5.75 Å². The van der Waals surface area contributed by atoms with Crippen LogP contribution in [0.4, 0.5) is 0 Å². The normalized spacial score (nSPS) is 40.7. The zero-order valence-electron chi connectivity index (χ0n) is 14.5. The van der Waals surface area contributed by atoms with Crippen molar-refractivity contribution >= 4 is 15.9 Å². The molecule has 4 rings (SSSR count). The van der Waals surface area contributed by atoms with Crippen molar-refractivity contribution in [2.24, 2.45) is 23.2 Å². The van der Waals surface area contributed by atoms with Gasteiger partial charge in [0.1, 0.15) is 5.75 Å². The Morgan fingerprint density at radius 1 is 1.29 bits per heavy atom. The molecule has 3 aliphatic carbocycles. The number of aromatic hydroxyl groups is 1. The molecular weight excluding hydrogens is 364 g/mol. The number of alkyl halides is 1. The largest absolute Gasteiger partial charge is 0.508 e. The zero-order chi connectivity index (χ0) is 16.9. The van der Waals surface area contributed by atoms with Crippen molar-refractivity contribution in [3.8, 4) is 5.75 Å². The number of aryl methyl sites for hydroxylation is 1. The number of benzene rings is 1. The van der Waals surface area contributed by atoms with Crippen molar-refractivity contribution in [3.63, 3.8) is 0 Å². The van der Waals surface area contributed by atoms with Crippen LogP contribution in [0.2, 0.25) is 0 Å². The second-order valence-corrected chi connectivity index (χ2v) is 9.41. The van der Waals surface area contributed by atoms with Gasteiger partial charge >= 0.3 is 0 Å². The molecule has 3 aliphatic rings. The summed E-state index contributed by atoms with van der Waals surface area (Å²) in [5.41, 5.74) is 2.95. The van der Waals surface area contributed by atoms with Crippen LogP contribution in [0.25, 0.3) is 0 Å². The first-order valence-electron chi connectivity index (χ1n) is 9.60. The van der Waals surface area contributed by atoms with E-state index in [4.69, 9.17) is 0 Å². The van der Waals surface area contributed by atoms with Gasteiger partial charge in [0.25, 0.3) is 0 Å². The maximum absolute atomic E-state index is 11.0. The summed E-state index contributed by atoms with van der Waals surface area (Å²) in [5, 5.41) is 21.9. The molecular formula is C21H29BrO2. The lowest BCUT2D eigenvalue weighted by Gasteiger charge is -2.50. The number of fused-ring (bicyclic) bond motifs is 5. The first-order chi connectivity index (χ1) is 11.5. The minimum Gasteiger partial charge on any atom is -0.508 e. The van der Waals surface area contributed by atoms with E-state index in [-0.39, 0.29) is 11.5 Å². The molecule has 2 nitrogen and oxygen atoms in total. The number of hydrogen-bond donors (Lipinski definition) is 2. The predicted molar refractivity (Wildman–Crippen MR) is 101 cm³/mol. The predicted octanol–water partition coefficient (Wildman–Crippen LogP) is 5.01. The van der Waals surface area contributed by atoms with Gasteiger partial charge in [-0.25, -0.2) is 0 Å². The van der Waals surface area contributed by atoms with Crippen molar-refractivity contribution in [2.45, 2.75) is 63.9 Å². The topological polar surface area (TPSA) is 40.5 Å². The monoisotopic (exact) mass is 392 g/mol. The zero-order valence-corrected chi connectivity index (χ0v) is 16.1. The van der Waals surface area contributed by atoms with Gasteiger partial charge in [-0.2, -0.15) is 0 Å². The molecule has 3 heteroatoms. The van der Waals surface area contributed by atoms with Crippen molar-refractivity contribution in [1.29, 1.82) is 0 Å². The summed E-state index contributed by atoms with van der Waals surface area (Å²) in [6.07, 6.45) is 8.05. The molecule has 0 radical (unpaired) electrons. The first-order valence-corrected chi connectivity index (χ1v) is 10.7. The van der Waals surface area contributed by atoms with Crippen LogP contribution < -0.4 is 0 Å². The van der Waals surface area contributed by atoms with E-state index in [0.29, 0.717) is 29.4 Å². The van der Waals surface area contributed by atoms with Gasteiger partial charge in [-0.3, -0.25) is 0 Å². The van der Waals surface area contributed by atoms with Gasteiger partial charge in [0.05, 0.1) is 6.10 Å². The van der Waals surface area contributed by atoms with Gasteiger partial charge in [0.15, 0.2) is 0 Å². The molecule has 0 aromatic heterocycles. The van der Waals surface area contributed by atoms with Gasteiger partial charge in [-0.1, -0.05) is 28.9 Å². The summed E-state index contributed by atoms with van der Waals surface area (Å²) in [6, 6.07) is 6.00. The average molecular weight is 393 g/mol. The molecule has 0 amide bonds. The van der Waals surface area contributed by atoms with Gasteiger partial charge in [0, 0.05) is 5.33 Å². The minimum absolute atomic E-state index is 0.118. The number of phenolic OH excluding ortho intramolecular Hbond substituents is 1. The average Bonchev–Trinajstić information content (AvgIpc) is 2.84. The molecule has 132 valence electrons. The summed E-state index contributed by atoms with van der Waals surface area (Å²) >= 11 is 3.54. The number of halogens is 1. The molecule has 0 spiro atoms. The van der Waals surface area contributed by atoms with Crippen LogP contribution in [0.3, 0.4) is 0 Å². The number of aliphatic hydroxyl groups excluding tert-OH is 1. The summed E-state index contributed by atoms with van der Waals surface area (Å²) < 4.78 is 0. The smallest absolute Gasteiger partial charge is 0.115 e. The summed E-state index contributed by atoms with van der Waals surface area (Å²) in [5.74, 6) is 2.89. The first kappa shape index (κ1) is 16.9. The van der Waals surface area contributed by atoms with Crippen molar-refractivity contribution in [1.82, 2.24) is 0 Å². The van der Waals surface area contributed by atoms with Crippen LogP contribution in [-0.2, 0) is 6.42 Å². The third-order valence-electron chi connectivity index (χ3n) is 7.54. The molecule has 2 N–H and O–H groups in total. The van der Waals surface area contributed by atoms with Crippen LogP contribution in [0.15, 0.2) is 18.2 Å². The Morgan fingerprint density at radius 3 is 2.92 bits per heavy atom. The van der Waals surface area contributed by atoms with Crippen molar-refractivity contribution in [2.75, 3.05) is 5.33 Å². The maximum atomic E-state index is 11.0. The van der Waals surface area contributed by atoms with E-state index < -0.39 is 0 Å². The number of aliphatic hydroxyl groups is 1. The summed E-state index contributed by atoms with van der Waals surface area (Å²) in [7, 11) is 0. The molecule has 0 heterocycles. The third kappa shape index (κ3) is 2.54. The minimum atomic E-state index is -0.122. The molecule has 2 fully saturated rings. The van der Waals surface area contributed by atoms with Crippen molar-refractivity contribution in [3.05, 3.63) is 29.3 Å². The lowest BCUT2D eigenvalue weighted by atomic mass is 9.55. The molecule has 1 unspecified atom stereocenters. The Morgan fingerprint density at radius 2 is 2.12 bits per heavy atom. The Kier molecular flexibility index (Phi) is 4.45. The van der Waals surface area contributed by atoms with E-state index in [2.05, 4.69) is 28.9 Å². The summed E-state index contributed by atoms with van der Waals surface area (Å²) in [4.78, 5) is 0. The highest BCUT2D eigenvalue weighted by atomic mass is 79.9. The Balaban J connectivity index is 1.61. The lowest BCUT2D eigenvalue weighted by molar-refractivity contribution is -0.0333. The van der Waals surface area contributed by atoms with E-state index in [0.717, 1.165) is 24.6 Å². The fraction of sp³-hybridized carbons (Fsp3) is 0.714. The van der Waals surface area contributed by atoms with Crippen molar-refractivity contribution < 1.29 is 10.2 Å². The number of phenols is 1. The second-order valence-electron chi connectivity index (χ2n) is 8.61. The number of rotatable bonds is 3. The molecule has 1 aromatic carbocycles. The highest BCUT2D eigenvalue weighted by molar-refractivity contribution is 9.09. The Bertz CT molecular complexity index is 616.